The van der Waals surface area contributed by atoms with Crippen LogP contribution in [0.3, 0.4) is 0 Å². The van der Waals surface area contributed by atoms with E-state index in [0.29, 0.717) is 11.4 Å². The molecule has 2 aromatic rings. The van der Waals surface area contributed by atoms with Crippen molar-refractivity contribution in [3.8, 4) is 5.88 Å². The molecule has 0 amide bonds. The van der Waals surface area contributed by atoms with Gasteiger partial charge in [-0.05, 0) is 19.1 Å². The Morgan fingerprint density at radius 1 is 1.42 bits per heavy atom. The van der Waals surface area contributed by atoms with Gasteiger partial charge in [-0.25, -0.2) is 0 Å². The van der Waals surface area contributed by atoms with E-state index in [4.69, 9.17) is 0 Å². The minimum absolute atomic E-state index is 0.0641. The SMILES string of the molecule is C=CCn1c(O)c(C=Nc2ccc(C)cc2)sc1=O. The summed E-state index contributed by atoms with van der Waals surface area (Å²) in [6.07, 6.45) is 3.07. The van der Waals surface area contributed by atoms with Gasteiger partial charge in [-0.3, -0.25) is 14.4 Å². The number of nitrogens with zero attached hydrogens (tertiary/aromatic N) is 2. The molecule has 0 spiro atoms. The molecule has 2 rings (SSSR count). The van der Waals surface area contributed by atoms with Crippen molar-refractivity contribution in [1.29, 1.82) is 0 Å². The van der Waals surface area contributed by atoms with Gasteiger partial charge in [0.05, 0.1) is 11.9 Å². The third-order valence-electron chi connectivity index (χ3n) is 2.57. The maximum atomic E-state index is 11.6. The summed E-state index contributed by atoms with van der Waals surface area (Å²) in [4.78, 5) is 16.1. The molecule has 0 fully saturated rings. The van der Waals surface area contributed by atoms with Gasteiger partial charge in [0.15, 0.2) is 0 Å². The zero-order valence-corrected chi connectivity index (χ0v) is 11.4. The normalized spacial score (nSPS) is 11.0. The summed E-state index contributed by atoms with van der Waals surface area (Å²) in [6, 6.07) is 7.68. The van der Waals surface area contributed by atoms with Crippen molar-refractivity contribution in [1.82, 2.24) is 4.57 Å². The maximum Gasteiger partial charge on any atom is 0.310 e. The Kier molecular flexibility index (Phi) is 3.97. The minimum atomic E-state index is -0.220. The van der Waals surface area contributed by atoms with Crippen LogP contribution in [-0.2, 0) is 6.54 Å². The van der Waals surface area contributed by atoms with Crippen molar-refractivity contribution in [2.45, 2.75) is 13.5 Å². The minimum Gasteiger partial charge on any atom is -0.493 e. The van der Waals surface area contributed by atoms with Crippen molar-refractivity contribution in [3.05, 3.63) is 57.0 Å². The highest BCUT2D eigenvalue weighted by molar-refractivity contribution is 7.11. The first-order valence-corrected chi connectivity index (χ1v) is 6.57. The lowest BCUT2D eigenvalue weighted by Gasteiger charge is -1.97. The fourth-order valence-corrected chi connectivity index (χ4v) is 2.32. The quantitative estimate of drug-likeness (QED) is 0.688. The molecule has 0 atom stereocenters. The number of benzene rings is 1. The molecule has 0 unspecified atom stereocenters. The number of aliphatic imine (C=N–C) groups is 1. The molecule has 0 radical (unpaired) electrons. The third-order valence-corrected chi connectivity index (χ3v) is 3.47. The maximum absolute atomic E-state index is 11.6. The molecule has 0 bridgehead atoms. The Hall–Kier alpha value is -2.14. The molecule has 1 aromatic heterocycles. The van der Waals surface area contributed by atoms with Crippen LogP contribution < -0.4 is 4.87 Å². The van der Waals surface area contributed by atoms with Crippen LogP contribution in [0.5, 0.6) is 5.88 Å². The number of aromatic hydroxyl groups is 1. The largest absolute Gasteiger partial charge is 0.493 e. The molecular formula is C14H14N2O2S. The standard InChI is InChI=1S/C14H14N2O2S/c1-3-8-16-13(17)12(19-14(16)18)9-15-11-6-4-10(2)5-7-11/h3-7,9,17H,1,8H2,2H3. The van der Waals surface area contributed by atoms with Crippen molar-refractivity contribution in [2.75, 3.05) is 0 Å². The average molecular weight is 274 g/mol. The Balaban J connectivity index is 2.28. The summed E-state index contributed by atoms with van der Waals surface area (Å²) in [5.74, 6) is -0.0641. The van der Waals surface area contributed by atoms with Gasteiger partial charge in [0.2, 0.25) is 5.88 Å². The predicted molar refractivity (Wildman–Crippen MR) is 78.9 cm³/mol. The van der Waals surface area contributed by atoms with Gasteiger partial charge in [0.25, 0.3) is 0 Å². The van der Waals surface area contributed by atoms with Gasteiger partial charge in [-0.1, -0.05) is 35.1 Å². The Labute approximate surface area is 115 Å². The van der Waals surface area contributed by atoms with Crippen molar-refractivity contribution >= 4 is 23.2 Å². The number of aryl methyl sites for hydroxylation is 1. The van der Waals surface area contributed by atoms with E-state index in [1.807, 2.05) is 31.2 Å². The number of allylic oxidation sites excluding steroid dienone is 1. The molecule has 1 N–H and O–H groups in total. The fourth-order valence-electron chi connectivity index (χ4n) is 1.55. The number of aromatic nitrogens is 1. The average Bonchev–Trinajstić information content (AvgIpc) is 2.66. The number of hydrogen-bond acceptors (Lipinski definition) is 4. The molecule has 0 aliphatic carbocycles. The molecule has 1 aromatic carbocycles. The van der Waals surface area contributed by atoms with Gasteiger partial charge < -0.3 is 5.11 Å². The summed E-state index contributed by atoms with van der Waals surface area (Å²) in [7, 11) is 0. The fraction of sp³-hybridized carbons (Fsp3) is 0.143. The van der Waals surface area contributed by atoms with E-state index in [1.165, 1.54) is 10.8 Å². The highest BCUT2D eigenvalue weighted by Crippen LogP contribution is 2.19. The van der Waals surface area contributed by atoms with Gasteiger partial charge in [0, 0.05) is 6.54 Å². The van der Waals surface area contributed by atoms with Gasteiger partial charge in [-0.2, -0.15) is 0 Å². The lowest BCUT2D eigenvalue weighted by atomic mass is 10.2. The molecule has 19 heavy (non-hydrogen) atoms. The summed E-state index contributed by atoms with van der Waals surface area (Å²) < 4.78 is 1.26. The molecule has 98 valence electrons. The van der Waals surface area contributed by atoms with Crippen LogP contribution >= 0.6 is 11.3 Å². The van der Waals surface area contributed by atoms with Crippen LogP contribution in [0.25, 0.3) is 0 Å². The van der Waals surface area contributed by atoms with Crippen LogP contribution in [0, 0.1) is 6.92 Å². The van der Waals surface area contributed by atoms with E-state index in [1.54, 1.807) is 6.08 Å². The third kappa shape index (κ3) is 3.00. The first-order chi connectivity index (χ1) is 9.11. The van der Waals surface area contributed by atoms with Crippen LogP contribution in [0.1, 0.15) is 10.4 Å². The second-order valence-corrected chi connectivity index (χ2v) is 5.04. The molecule has 0 saturated heterocycles. The monoisotopic (exact) mass is 274 g/mol. The molecule has 0 aliphatic heterocycles. The Bertz CT molecular complexity index is 666. The van der Waals surface area contributed by atoms with E-state index in [0.717, 1.165) is 22.6 Å². The van der Waals surface area contributed by atoms with Crippen molar-refractivity contribution < 1.29 is 5.11 Å². The summed E-state index contributed by atoms with van der Waals surface area (Å²) in [5, 5.41) is 9.90. The van der Waals surface area contributed by atoms with Crippen LogP contribution in [0.2, 0.25) is 0 Å². The summed E-state index contributed by atoms with van der Waals surface area (Å²) in [6.45, 7) is 5.84. The molecule has 0 aliphatic rings. The van der Waals surface area contributed by atoms with Crippen molar-refractivity contribution in [3.63, 3.8) is 0 Å². The van der Waals surface area contributed by atoms with Gasteiger partial charge in [-0.15, -0.1) is 6.58 Å². The topological polar surface area (TPSA) is 54.6 Å². The van der Waals surface area contributed by atoms with Crippen LogP contribution in [0.15, 0.2) is 46.7 Å². The molecule has 4 nitrogen and oxygen atoms in total. The lowest BCUT2D eigenvalue weighted by molar-refractivity contribution is 0.422. The Morgan fingerprint density at radius 3 is 2.74 bits per heavy atom. The lowest BCUT2D eigenvalue weighted by Crippen LogP contribution is -2.10. The van der Waals surface area contributed by atoms with E-state index in [9.17, 15) is 9.90 Å². The summed E-state index contributed by atoms with van der Waals surface area (Å²) >= 11 is 0.964. The second-order valence-electron chi connectivity index (χ2n) is 4.05. The smallest absolute Gasteiger partial charge is 0.310 e. The number of rotatable bonds is 4. The van der Waals surface area contributed by atoms with E-state index in [-0.39, 0.29) is 10.8 Å². The van der Waals surface area contributed by atoms with Gasteiger partial charge in [0.1, 0.15) is 4.88 Å². The first kappa shape index (κ1) is 13.3. The molecule has 1 heterocycles. The van der Waals surface area contributed by atoms with Crippen LogP contribution in [-0.4, -0.2) is 15.9 Å². The highest BCUT2D eigenvalue weighted by Gasteiger charge is 2.10. The first-order valence-electron chi connectivity index (χ1n) is 5.76. The number of hydrogen-bond donors (Lipinski definition) is 1. The van der Waals surface area contributed by atoms with E-state index < -0.39 is 0 Å². The second kappa shape index (κ2) is 5.67. The summed E-state index contributed by atoms with van der Waals surface area (Å²) in [5.41, 5.74) is 1.93. The zero-order chi connectivity index (χ0) is 13.8. The predicted octanol–water partition coefficient (Wildman–Crippen LogP) is 2.86. The number of thiazole rings is 1. The molecule has 0 saturated carbocycles. The Morgan fingerprint density at radius 2 is 2.11 bits per heavy atom. The van der Waals surface area contributed by atoms with Crippen molar-refractivity contribution in [2.24, 2.45) is 4.99 Å². The highest BCUT2D eigenvalue weighted by atomic mass is 32.1. The molecule has 5 heteroatoms. The van der Waals surface area contributed by atoms with E-state index >= 15 is 0 Å². The molecular weight excluding hydrogens is 260 g/mol. The zero-order valence-electron chi connectivity index (χ0n) is 10.5. The van der Waals surface area contributed by atoms with Gasteiger partial charge >= 0.3 is 4.87 Å². The van der Waals surface area contributed by atoms with E-state index in [2.05, 4.69) is 11.6 Å². The van der Waals surface area contributed by atoms with Crippen LogP contribution in [0.4, 0.5) is 5.69 Å².